The first-order valence-electron chi connectivity index (χ1n) is 7.31. The summed E-state index contributed by atoms with van der Waals surface area (Å²) in [4.78, 5) is 23.5. The van der Waals surface area contributed by atoms with Gasteiger partial charge in [0.2, 0.25) is 0 Å². The molecule has 0 heterocycles. The van der Waals surface area contributed by atoms with Gasteiger partial charge in [-0.1, -0.05) is 43.9 Å². The Morgan fingerprint density at radius 3 is 2.55 bits per heavy atom. The van der Waals surface area contributed by atoms with Crippen LogP contribution in [0.2, 0.25) is 0 Å². The summed E-state index contributed by atoms with van der Waals surface area (Å²) in [6.45, 7) is 2.48. The topological polar surface area (TPSA) is 58.2 Å². The predicted octanol–water partition coefficient (Wildman–Crippen LogP) is 2.63. The first-order valence-corrected chi connectivity index (χ1v) is 7.31. The fraction of sp³-hybridized carbons (Fsp3) is 0.500. The zero-order valence-corrected chi connectivity index (χ0v) is 11.9. The number of rotatable bonds is 4. The van der Waals surface area contributed by atoms with Crippen molar-refractivity contribution in [2.75, 3.05) is 11.9 Å². The Hall–Kier alpha value is -1.84. The van der Waals surface area contributed by atoms with Crippen molar-refractivity contribution in [2.45, 2.75) is 39.0 Å². The van der Waals surface area contributed by atoms with Gasteiger partial charge in [0.25, 0.3) is 0 Å². The Bertz CT molecular complexity index is 479. The Morgan fingerprint density at radius 1 is 1.15 bits per heavy atom. The molecule has 2 N–H and O–H groups in total. The molecular formula is C16H22N2O2. The second-order valence-corrected chi connectivity index (χ2v) is 5.46. The number of benzene rings is 1. The molecule has 1 aliphatic carbocycles. The maximum Gasteiger partial charge on any atom is 0.313 e. The third kappa shape index (κ3) is 4.08. The van der Waals surface area contributed by atoms with Crippen molar-refractivity contribution in [1.82, 2.24) is 5.32 Å². The summed E-state index contributed by atoms with van der Waals surface area (Å²) in [7, 11) is 0. The maximum absolute atomic E-state index is 11.8. The van der Waals surface area contributed by atoms with Crippen LogP contribution >= 0.6 is 0 Å². The predicted molar refractivity (Wildman–Crippen MR) is 79.4 cm³/mol. The fourth-order valence-electron chi connectivity index (χ4n) is 2.66. The number of aryl methyl sites for hydroxylation is 1. The molecule has 0 saturated heterocycles. The molecule has 4 heteroatoms. The molecule has 0 aromatic heterocycles. The largest absolute Gasteiger partial charge is 0.348 e. The monoisotopic (exact) mass is 274 g/mol. The van der Waals surface area contributed by atoms with Gasteiger partial charge >= 0.3 is 11.8 Å². The highest BCUT2D eigenvalue weighted by atomic mass is 16.2. The maximum atomic E-state index is 11.8. The first-order chi connectivity index (χ1) is 9.66. The van der Waals surface area contributed by atoms with E-state index in [4.69, 9.17) is 0 Å². The highest BCUT2D eigenvalue weighted by Crippen LogP contribution is 2.26. The van der Waals surface area contributed by atoms with E-state index in [0.29, 0.717) is 12.2 Å². The number of hydrogen-bond acceptors (Lipinski definition) is 2. The minimum Gasteiger partial charge on any atom is -0.348 e. The Morgan fingerprint density at radius 2 is 1.85 bits per heavy atom. The molecule has 2 amide bonds. The second kappa shape index (κ2) is 7.08. The second-order valence-electron chi connectivity index (χ2n) is 5.46. The van der Waals surface area contributed by atoms with Gasteiger partial charge in [-0.05, 0) is 30.9 Å². The number of hydrogen-bond donors (Lipinski definition) is 2. The van der Waals surface area contributed by atoms with Gasteiger partial charge in [-0.15, -0.1) is 0 Å². The van der Waals surface area contributed by atoms with Crippen molar-refractivity contribution in [3.8, 4) is 0 Å². The summed E-state index contributed by atoms with van der Waals surface area (Å²) in [6, 6.07) is 7.42. The van der Waals surface area contributed by atoms with E-state index in [9.17, 15) is 9.59 Å². The van der Waals surface area contributed by atoms with Crippen LogP contribution in [-0.4, -0.2) is 18.4 Å². The van der Waals surface area contributed by atoms with Gasteiger partial charge < -0.3 is 10.6 Å². The molecular weight excluding hydrogens is 252 g/mol. The molecule has 108 valence electrons. The van der Waals surface area contributed by atoms with Gasteiger partial charge in [0, 0.05) is 12.2 Å². The summed E-state index contributed by atoms with van der Waals surface area (Å²) in [6.07, 6.45) is 6.08. The van der Waals surface area contributed by atoms with Gasteiger partial charge in [-0.25, -0.2) is 0 Å². The molecule has 0 radical (unpaired) electrons. The number of carbonyl (C=O) groups excluding carboxylic acids is 2. The van der Waals surface area contributed by atoms with E-state index in [1.165, 1.54) is 25.7 Å². The zero-order valence-electron chi connectivity index (χ0n) is 11.9. The third-order valence-electron chi connectivity index (χ3n) is 3.91. The average Bonchev–Trinajstić information content (AvgIpc) is 2.94. The van der Waals surface area contributed by atoms with Crippen LogP contribution in [0.3, 0.4) is 0 Å². The van der Waals surface area contributed by atoms with Gasteiger partial charge in [0.1, 0.15) is 0 Å². The van der Waals surface area contributed by atoms with Crippen LogP contribution in [0.25, 0.3) is 0 Å². The molecule has 1 fully saturated rings. The number of anilines is 1. The van der Waals surface area contributed by atoms with Crippen LogP contribution in [0.15, 0.2) is 24.3 Å². The van der Waals surface area contributed by atoms with Crippen LogP contribution < -0.4 is 10.6 Å². The lowest BCUT2D eigenvalue weighted by Crippen LogP contribution is -2.36. The molecule has 1 aromatic rings. The lowest BCUT2D eigenvalue weighted by atomic mass is 10.0. The van der Waals surface area contributed by atoms with Crippen molar-refractivity contribution in [1.29, 1.82) is 0 Å². The van der Waals surface area contributed by atoms with Crippen LogP contribution in [0.4, 0.5) is 5.69 Å². The average molecular weight is 274 g/mol. The van der Waals surface area contributed by atoms with Gasteiger partial charge in [-0.2, -0.15) is 0 Å². The quantitative estimate of drug-likeness (QED) is 0.829. The summed E-state index contributed by atoms with van der Waals surface area (Å²) >= 11 is 0. The summed E-state index contributed by atoms with van der Waals surface area (Å²) < 4.78 is 0. The molecule has 4 nitrogen and oxygen atoms in total. The van der Waals surface area contributed by atoms with E-state index in [1.54, 1.807) is 6.07 Å². The Balaban J connectivity index is 1.74. The first kappa shape index (κ1) is 14.6. The molecule has 0 aliphatic heterocycles. The van der Waals surface area contributed by atoms with Crippen LogP contribution in [-0.2, 0) is 9.59 Å². The molecule has 1 aromatic carbocycles. The van der Waals surface area contributed by atoms with Crippen molar-refractivity contribution in [3.05, 3.63) is 29.8 Å². The van der Waals surface area contributed by atoms with Gasteiger partial charge in [0.05, 0.1) is 0 Å². The van der Waals surface area contributed by atoms with Crippen molar-refractivity contribution in [2.24, 2.45) is 5.92 Å². The smallest absolute Gasteiger partial charge is 0.313 e. The number of nitrogens with one attached hydrogen (secondary N) is 2. The molecule has 0 atom stereocenters. The summed E-state index contributed by atoms with van der Waals surface area (Å²) in [5, 5.41) is 5.34. The van der Waals surface area contributed by atoms with E-state index in [0.717, 1.165) is 17.9 Å². The van der Waals surface area contributed by atoms with Crippen LogP contribution in [0.1, 0.15) is 37.7 Å². The van der Waals surface area contributed by atoms with Gasteiger partial charge in [0.15, 0.2) is 0 Å². The number of amides is 2. The van der Waals surface area contributed by atoms with E-state index < -0.39 is 11.8 Å². The molecule has 20 heavy (non-hydrogen) atoms. The molecule has 1 aliphatic rings. The Kier molecular flexibility index (Phi) is 5.16. The van der Waals surface area contributed by atoms with Crippen LogP contribution in [0, 0.1) is 12.8 Å². The number of para-hydroxylation sites is 1. The highest BCUT2D eigenvalue weighted by molar-refractivity contribution is 6.39. The molecule has 1 saturated carbocycles. The van der Waals surface area contributed by atoms with Crippen molar-refractivity contribution in [3.63, 3.8) is 0 Å². The fourth-order valence-corrected chi connectivity index (χ4v) is 2.66. The number of carbonyl (C=O) groups is 2. The lowest BCUT2D eigenvalue weighted by Gasteiger charge is -2.10. The standard InChI is InChI=1S/C16H22N2O2/c1-12-6-2-5-9-14(12)18-16(20)15(19)17-11-10-13-7-3-4-8-13/h2,5-6,9,13H,3-4,7-8,10-11H2,1H3,(H,17,19)(H,18,20). The molecule has 2 rings (SSSR count). The molecule has 0 unspecified atom stereocenters. The lowest BCUT2D eigenvalue weighted by molar-refractivity contribution is -0.136. The highest BCUT2D eigenvalue weighted by Gasteiger charge is 2.17. The summed E-state index contributed by atoms with van der Waals surface area (Å²) in [5.41, 5.74) is 1.63. The normalized spacial score (nSPS) is 15.1. The molecule has 0 spiro atoms. The minimum atomic E-state index is -0.592. The SMILES string of the molecule is Cc1ccccc1NC(=O)C(=O)NCCC1CCCC1. The van der Waals surface area contributed by atoms with Crippen molar-refractivity contribution >= 4 is 17.5 Å². The summed E-state index contributed by atoms with van der Waals surface area (Å²) in [5.74, 6) is -0.424. The van der Waals surface area contributed by atoms with Gasteiger partial charge in [-0.3, -0.25) is 9.59 Å². The minimum absolute atomic E-state index is 0.550. The van der Waals surface area contributed by atoms with E-state index >= 15 is 0 Å². The van der Waals surface area contributed by atoms with Crippen LogP contribution in [0.5, 0.6) is 0 Å². The zero-order chi connectivity index (χ0) is 14.4. The third-order valence-corrected chi connectivity index (χ3v) is 3.91. The van der Waals surface area contributed by atoms with E-state index in [1.807, 2.05) is 25.1 Å². The molecule has 0 bridgehead atoms. The van der Waals surface area contributed by atoms with E-state index in [2.05, 4.69) is 10.6 Å². The van der Waals surface area contributed by atoms with Crippen molar-refractivity contribution < 1.29 is 9.59 Å². The Labute approximate surface area is 119 Å². The van der Waals surface area contributed by atoms with E-state index in [-0.39, 0.29) is 0 Å².